The van der Waals surface area contributed by atoms with Crippen LogP contribution in [0.3, 0.4) is 0 Å². The van der Waals surface area contributed by atoms with Crippen LogP contribution in [-0.2, 0) is 4.79 Å². The Labute approximate surface area is 121 Å². The normalized spacial score (nSPS) is 40.9. The van der Waals surface area contributed by atoms with E-state index in [-0.39, 0.29) is 0 Å². The molecule has 1 unspecified atom stereocenters. The first kappa shape index (κ1) is 14.1. The minimum Gasteiger partial charge on any atom is -0.478 e. The predicted molar refractivity (Wildman–Crippen MR) is 79.5 cm³/mol. The van der Waals surface area contributed by atoms with Crippen molar-refractivity contribution in [2.45, 2.75) is 58.4 Å². The van der Waals surface area contributed by atoms with Gasteiger partial charge in [-0.25, -0.2) is 4.79 Å². The van der Waals surface area contributed by atoms with Crippen LogP contribution in [0.2, 0.25) is 0 Å². The number of hydrogen-bond acceptors (Lipinski definition) is 2. The van der Waals surface area contributed by atoms with Crippen LogP contribution in [0.15, 0.2) is 11.6 Å². The van der Waals surface area contributed by atoms with Crippen LogP contribution in [0.25, 0.3) is 0 Å². The van der Waals surface area contributed by atoms with Crippen LogP contribution in [0.4, 0.5) is 0 Å². The molecular weight excluding hydrogens is 250 g/mol. The predicted octanol–water partition coefficient (Wildman–Crippen LogP) is 3.21. The monoisotopic (exact) mass is 277 g/mol. The molecule has 0 aromatic rings. The lowest BCUT2D eigenvalue weighted by Gasteiger charge is -2.59. The molecule has 0 radical (unpaired) electrons. The molecule has 4 rings (SSSR count). The van der Waals surface area contributed by atoms with Gasteiger partial charge >= 0.3 is 5.97 Å². The fraction of sp³-hybridized carbons (Fsp3) is 0.824. The van der Waals surface area contributed by atoms with Crippen LogP contribution in [0.5, 0.6) is 0 Å². The Morgan fingerprint density at radius 3 is 2.20 bits per heavy atom. The Kier molecular flexibility index (Phi) is 3.65. The number of carbonyl (C=O) groups is 1. The van der Waals surface area contributed by atoms with Crippen molar-refractivity contribution in [3.8, 4) is 0 Å². The quantitative estimate of drug-likeness (QED) is 0.759. The molecule has 4 fully saturated rings. The highest BCUT2D eigenvalue weighted by atomic mass is 16.4. The molecule has 0 aromatic heterocycles. The van der Waals surface area contributed by atoms with Crippen LogP contribution < -0.4 is 5.32 Å². The summed E-state index contributed by atoms with van der Waals surface area (Å²) in [5.41, 5.74) is 0.940. The lowest BCUT2D eigenvalue weighted by atomic mass is 9.48. The Morgan fingerprint density at radius 2 is 1.75 bits per heavy atom. The van der Waals surface area contributed by atoms with Crippen LogP contribution in [0.1, 0.15) is 52.4 Å². The third kappa shape index (κ3) is 2.52. The zero-order chi connectivity index (χ0) is 14.3. The van der Waals surface area contributed by atoms with Crippen LogP contribution >= 0.6 is 0 Å². The smallest absolute Gasteiger partial charge is 0.330 e. The summed E-state index contributed by atoms with van der Waals surface area (Å²) in [5.74, 6) is 2.11. The highest BCUT2D eigenvalue weighted by Crippen LogP contribution is 2.61. The van der Waals surface area contributed by atoms with Gasteiger partial charge in [-0.2, -0.15) is 0 Å². The summed E-state index contributed by atoms with van der Waals surface area (Å²) in [6, 6.07) is 0.508. The molecule has 4 bridgehead atoms. The van der Waals surface area contributed by atoms with E-state index in [1.54, 1.807) is 13.0 Å². The average Bonchev–Trinajstić information content (AvgIpc) is 2.36. The van der Waals surface area contributed by atoms with Gasteiger partial charge in [-0.05, 0) is 75.5 Å². The van der Waals surface area contributed by atoms with Gasteiger partial charge in [-0.15, -0.1) is 0 Å². The van der Waals surface area contributed by atoms with Gasteiger partial charge in [0.2, 0.25) is 0 Å². The third-order valence-electron chi connectivity index (χ3n) is 6.17. The minimum atomic E-state index is -0.811. The van der Waals surface area contributed by atoms with E-state index in [1.807, 2.05) is 0 Å². The lowest BCUT2D eigenvalue weighted by molar-refractivity contribution is -0.132. The molecule has 4 aliphatic rings. The maximum atomic E-state index is 10.8. The van der Waals surface area contributed by atoms with Crippen molar-refractivity contribution in [3.63, 3.8) is 0 Å². The van der Waals surface area contributed by atoms with Gasteiger partial charge < -0.3 is 10.4 Å². The molecule has 0 spiro atoms. The summed E-state index contributed by atoms with van der Waals surface area (Å²) in [4.78, 5) is 10.8. The highest BCUT2D eigenvalue weighted by Gasteiger charge is 2.52. The highest BCUT2D eigenvalue weighted by molar-refractivity contribution is 5.85. The van der Waals surface area contributed by atoms with E-state index in [9.17, 15) is 4.79 Å². The summed E-state index contributed by atoms with van der Waals surface area (Å²) in [6.45, 7) is 4.66. The number of nitrogens with one attached hydrogen (secondary N) is 1. The molecule has 0 heterocycles. The van der Waals surface area contributed by atoms with Gasteiger partial charge in [0.25, 0.3) is 0 Å². The van der Waals surface area contributed by atoms with Gasteiger partial charge in [0.05, 0.1) is 0 Å². The van der Waals surface area contributed by atoms with Crippen molar-refractivity contribution in [1.82, 2.24) is 5.32 Å². The van der Waals surface area contributed by atoms with Crippen molar-refractivity contribution >= 4 is 5.97 Å². The number of aliphatic carboxylic acids is 1. The molecule has 3 nitrogen and oxygen atoms in total. The molecule has 2 N–H and O–H groups in total. The first-order valence-electron chi connectivity index (χ1n) is 8.12. The third-order valence-corrected chi connectivity index (χ3v) is 6.17. The van der Waals surface area contributed by atoms with E-state index in [2.05, 4.69) is 12.2 Å². The van der Waals surface area contributed by atoms with Crippen molar-refractivity contribution in [3.05, 3.63) is 11.6 Å². The molecule has 0 aromatic carbocycles. The van der Waals surface area contributed by atoms with E-state index < -0.39 is 5.97 Å². The van der Waals surface area contributed by atoms with Gasteiger partial charge in [0.15, 0.2) is 0 Å². The van der Waals surface area contributed by atoms with Gasteiger partial charge in [-0.3, -0.25) is 0 Å². The fourth-order valence-corrected chi connectivity index (χ4v) is 5.40. The summed E-state index contributed by atoms with van der Waals surface area (Å²) in [5, 5.41) is 12.5. The summed E-state index contributed by atoms with van der Waals surface area (Å²) >= 11 is 0. The number of hydrogen-bond donors (Lipinski definition) is 2. The van der Waals surface area contributed by atoms with Gasteiger partial charge in [-0.1, -0.05) is 6.08 Å². The van der Waals surface area contributed by atoms with E-state index >= 15 is 0 Å². The van der Waals surface area contributed by atoms with Gasteiger partial charge in [0.1, 0.15) is 0 Å². The Bertz CT molecular complexity index is 391. The van der Waals surface area contributed by atoms with Crippen molar-refractivity contribution in [1.29, 1.82) is 0 Å². The number of carboxylic acid groups (broad SMARTS) is 1. The van der Waals surface area contributed by atoms with Crippen molar-refractivity contribution in [2.24, 2.45) is 23.2 Å². The second-order valence-corrected chi connectivity index (χ2v) is 7.60. The molecule has 0 saturated heterocycles. The standard InChI is InChI=1S/C17H27NO2/c1-11(16(19)20)3-4-18-12(2)17-8-13-5-14(9-17)7-15(6-13)10-17/h3,12-15,18H,4-10H2,1-2H3,(H,19,20)/b11-3-. The SMILES string of the molecule is C/C(=C/CNC(C)C12CC3CC(CC(C3)C1)C2)C(=O)O. The van der Waals surface area contributed by atoms with Crippen LogP contribution in [-0.4, -0.2) is 23.7 Å². The van der Waals surface area contributed by atoms with E-state index in [1.165, 1.54) is 38.5 Å². The molecule has 1 atom stereocenters. The zero-order valence-electron chi connectivity index (χ0n) is 12.7. The van der Waals surface area contributed by atoms with Crippen LogP contribution in [0, 0.1) is 23.2 Å². The van der Waals surface area contributed by atoms with E-state index in [4.69, 9.17) is 5.11 Å². The molecular formula is C17H27NO2. The molecule has 0 amide bonds. The first-order chi connectivity index (χ1) is 9.48. The minimum absolute atomic E-state index is 0.440. The first-order valence-corrected chi connectivity index (χ1v) is 8.12. The number of carboxylic acids is 1. The maximum absolute atomic E-state index is 10.8. The lowest BCUT2D eigenvalue weighted by Crippen LogP contribution is -2.54. The molecule has 0 aliphatic heterocycles. The molecule has 4 saturated carbocycles. The largest absolute Gasteiger partial charge is 0.478 e. The second-order valence-electron chi connectivity index (χ2n) is 7.60. The molecule has 112 valence electrons. The zero-order valence-corrected chi connectivity index (χ0v) is 12.7. The van der Waals surface area contributed by atoms with E-state index in [0.717, 1.165) is 17.8 Å². The average molecular weight is 277 g/mol. The molecule has 4 aliphatic carbocycles. The van der Waals surface area contributed by atoms with Gasteiger partial charge in [0, 0.05) is 18.2 Å². The van der Waals surface area contributed by atoms with E-state index in [0.29, 0.717) is 23.6 Å². The van der Waals surface area contributed by atoms with Crippen molar-refractivity contribution in [2.75, 3.05) is 6.54 Å². The Morgan fingerprint density at radius 1 is 1.25 bits per heavy atom. The second kappa shape index (κ2) is 5.18. The Hall–Kier alpha value is -0.830. The molecule has 20 heavy (non-hydrogen) atoms. The topological polar surface area (TPSA) is 49.3 Å². The Balaban J connectivity index is 1.61. The summed E-state index contributed by atoms with van der Waals surface area (Å²) in [6.07, 6.45) is 10.4. The summed E-state index contributed by atoms with van der Waals surface area (Å²) in [7, 11) is 0. The fourth-order valence-electron chi connectivity index (χ4n) is 5.40. The molecule has 3 heteroatoms. The number of rotatable bonds is 5. The van der Waals surface area contributed by atoms with Crippen molar-refractivity contribution < 1.29 is 9.90 Å². The summed E-state index contributed by atoms with van der Waals surface area (Å²) < 4.78 is 0. The maximum Gasteiger partial charge on any atom is 0.330 e.